The van der Waals surface area contributed by atoms with E-state index >= 15 is 0 Å². The van der Waals surface area contributed by atoms with E-state index in [0.29, 0.717) is 17.7 Å². The van der Waals surface area contributed by atoms with Crippen molar-refractivity contribution in [1.29, 1.82) is 0 Å². The van der Waals surface area contributed by atoms with Gasteiger partial charge in [-0.25, -0.2) is 0 Å². The summed E-state index contributed by atoms with van der Waals surface area (Å²) in [5.74, 6) is 0.653. The van der Waals surface area contributed by atoms with Gasteiger partial charge in [-0.1, -0.05) is 5.16 Å². The molecule has 2 aromatic heterocycles. The van der Waals surface area contributed by atoms with E-state index in [1.165, 1.54) is 5.56 Å². The molecule has 0 radical (unpaired) electrons. The largest absolute Gasteiger partial charge is 0.355 e. The van der Waals surface area contributed by atoms with Crippen molar-refractivity contribution in [3.05, 3.63) is 28.8 Å². The molecule has 0 amide bonds. The molecule has 0 aliphatic rings. The van der Waals surface area contributed by atoms with Gasteiger partial charge in [-0.05, 0) is 23.9 Å². The fourth-order valence-corrected chi connectivity index (χ4v) is 1.87. The Bertz CT molecular complexity index is 430. The molecule has 0 bridgehead atoms. The van der Waals surface area contributed by atoms with Crippen LogP contribution < -0.4 is 0 Å². The van der Waals surface area contributed by atoms with Gasteiger partial charge in [0.05, 0.1) is 4.88 Å². The summed E-state index contributed by atoms with van der Waals surface area (Å²) in [6, 6.07) is 3.64. The number of aldehydes is 1. The maximum absolute atomic E-state index is 10.3. The van der Waals surface area contributed by atoms with E-state index in [4.69, 9.17) is 4.52 Å². The zero-order valence-corrected chi connectivity index (χ0v) is 7.80. The van der Waals surface area contributed by atoms with Crippen LogP contribution >= 0.6 is 11.3 Å². The minimum absolute atomic E-state index is 0.334. The lowest BCUT2D eigenvalue weighted by molar-refractivity contribution is 0.111. The Morgan fingerprint density at radius 1 is 1.54 bits per heavy atom. The average molecular weight is 193 g/mol. The molecule has 2 heterocycles. The van der Waals surface area contributed by atoms with Crippen molar-refractivity contribution < 1.29 is 9.32 Å². The molecule has 4 heteroatoms. The normalized spacial score (nSPS) is 10.2. The van der Waals surface area contributed by atoms with Crippen LogP contribution in [0.2, 0.25) is 0 Å². The van der Waals surface area contributed by atoms with Crippen LogP contribution in [0.15, 0.2) is 22.0 Å². The number of aromatic nitrogens is 1. The summed E-state index contributed by atoms with van der Waals surface area (Å²) in [6.45, 7) is 2.01. The Morgan fingerprint density at radius 3 is 2.92 bits per heavy atom. The predicted octanol–water partition coefficient (Wildman–Crippen LogP) is 2.52. The van der Waals surface area contributed by atoms with Gasteiger partial charge in [-0.2, -0.15) is 0 Å². The first kappa shape index (κ1) is 8.19. The molecule has 0 saturated carbocycles. The second-order valence-electron chi connectivity index (χ2n) is 2.72. The lowest BCUT2D eigenvalue weighted by atomic mass is 10.3. The Labute approximate surface area is 79.0 Å². The predicted molar refractivity (Wildman–Crippen MR) is 49.9 cm³/mol. The Kier molecular flexibility index (Phi) is 1.98. The van der Waals surface area contributed by atoms with Gasteiger partial charge in [0.15, 0.2) is 12.0 Å². The summed E-state index contributed by atoms with van der Waals surface area (Å²) >= 11 is 1.58. The molecule has 0 spiro atoms. The lowest BCUT2D eigenvalue weighted by Gasteiger charge is -1.83. The number of hydrogen-bond donors (Lipinski definition) is 0. The molecule has 0 aliphatic heterocycles. The number of carbonyl (C=O) groups excluding carboxylic acids is 1. The van der Waals surface area contributed by atoms with Crippen molar-refractivity contribution in [2.45, 2.75) is 6.92 Å². The fourth-order valence-electron chi connectivity index (χ4n) is 1.02. The van der Waals surface area contributed by atoms with Crippen LogP contribution in [0.4, 0.5) is 0 Å². The number of nitrogens with zero attached hydrogens (tertiary/aromatic N) is 1. The summed E-state index contributed by atoms with van der Waals surface area (Å²) < 4.78 is 4.98. The van der Waals surface area contributed by atoms with Gasteiger partial charge < -0.3 is 4.52 Å². The molecule has 66 valence electrons. The highest BCUT2D eigenvalue weighted by molar-refractivity contribution is 7.13. The molecule has 3 nitrogen and oxygen atoms in total. The van der Waals surface area contributed by atoms with Crippen molar-refractivity contribution in [2.24, 2.45) is 0 Å². The molecule has 2 rings (SSSR count). The Balaban J connectivity index is 2.40. The van der Waals surface area contributed by atoms with Crippen LogP contribution in [0, 0.1) is 6.92 Å². The van der Waals surface area contributed by atoms with E-state index in [-0.39, 0.29) is 0 Å². The SMILES string of the molecule is Cc1csc(-c2cc(C=O)no2)c1. The van der Waals surface area contributed by atoms with Crippen molar-refractivity contribution in [1.82, 2.24) is 5.16 Å². The van der Waals surface area contributed by atoms with Crippen molar-refractivity contribution in [3.8, 4) is 10.6 Å². The summed E-state index contributed by atoms with van der Waals surface area (Å²) in [7, 11) is 0. The average Bonchev–Trinajstić information content (AvgIpc) is 2.71. The molecule has 0 atom stereocenters. The van der Waals surface area contributed by atoms with Crippen LogP contribution in [0.5, 0.6) is 0 Å². The number of thiophene rings is 1. The van der Waals surface area contributed by atoms with E-state index < -0.39 is 0 Å². The quantitative estimate of drug-likeness (QED) is 0.688. The third kappa shape index (κ3) is 1.53. The molecule has 0 aliphatic carbocycles. The zero-order valence-electron chi connectivity index (χ0n) is 6.98. The van der Waals surface area contributed by atoms with Gasteiger partial charge in [0.1, 0.15) is 5.69 Å². The molecule has 2 aromatic rings. The second kappa shape index (κ2) is 3.14. The number of carbonyl (C=O) groups is 1. The highest BCUT2D eigenvalue weighted by atomic mass is 32.1. The smallest absolute Gasteiger partial charge is 0.177 e. The minimum atomic E-state index is 0.334. The molecular formula is C9H7NO2S. The van der Waals surface area contributed by atoms with E-state index in [2.05, 4.69) is 5.16 Å². The van der Waals surface area contributed by atoms with Crippen LogP contribution in [0.1, 0.15) is 16.1 Å². The second-order valence-corrected chi connectivity index (χ2v) is 3.63. The van der Waals surface area contributed by atoms with Crippen molar-refractivity contribution >= 4 is 17.6 Å². The highest BCUT2D eigenvalue weighted by Crippen LogP contribution is 2.26. The maximum atomic E-state index is 10.3. The number of rotatable bonds is 2. The molecule has 13 heavy (non-hydrogen) atoms. The topological polar surface area (TPSA) is 43.1 Å². The van der Waals surface area contributed by atoms with E-state index in [0.717, 1.165) is 4.88 Å². The minimum Gasteiger partial charge on any atom is -0.355 e. The number of aryl methyl sites for hydroxylation is 1. The maximum Gasteiger partial charge on any atom is 0.177 e. The van der Waals surface area contributed by atoms with Crippen LogP contribution in [-0.4, -0.2) is 11.4 Å². The van der Waals surface area contributed by atoms with Gasteiger partial charge in [0.25, 0.3) is 0 Å². The molecule has 0 fully saturated rings. The third-order valence-corrected chi connectivity index (χ3v) is 2.69. The molecular weight excluding hydrogens is 186 g/mol. The molecule has 0 N–H and O–H groups in total. The first-order valence-electron chi connectivity index (χ1n) is 3.77. The third-order valence-electron chi connectivity index (χ3n) is 1.62. The van der Waals surface area contributed by atoms with Gasteiger partial charge in [-0.3, -0.25) is 4.79 Å². The van der Waals surface area contributed by atoms with E-state index in [1.54, 1.807) is 17.4 Å². The highest BCUT2D eigenvalue weighted by Gasteiger charge is 2.07. The number of hydrogen-bond acceptors (Lipinski definition) is 4. The Morgan fingerprint density at radius 2 is 2.38 bits per heavy atom. The first-order chi connectivity index (χ1) is 6.29. The van der Waals surface area contributed by atoms with E-state index in [1.807, 2.05) is 18.4 Å². The summed E-state index contributed by atoms with van der Waals surface area (Å²) in [4.78, 5) is 11.3. The van der Waals surface area contributed by atoms with Crippen LogP contribution in [0.25, 0.3) is 10.6 Å². The van der Waals surface area contributed by atoms with Crippen LogP contribution in [-0.2, 0) is 0 Å². The summed E-state index contributed by atoms with van der Waals surface area (Å²) in [5.41, 5.74) is 1.52. The van der Waals surface area contributed by atoms with Gasteiger partial charge in [0.2, 0.25) is 0 Å². The summed E-state index contributed by atoms with van der Waals surface area (Å²) in [6.07, 6.45) is 0.674. The van der Waals surface area contributed by atoms with E-state index in [9.17, 15) is 4.79 Å². The fraction of sp³-hybridized carbons (Fsp3) is 0.111. The molecule has 0 saturated heterocycles. The van der Waals surface area contributed by atoms with Crippen molar-refractivity contribution in [2.75, 3.05) is 0 Å². The summed E-state index contributed by atoms with van der Waals surface area (Å²) in [5, 5.41) is 5.61. The lowest BCUT2D eigenvalue weighted by Crippen LogP contribution is -1.72. The van der Waals surface area contributed by atoms with Crippen molar-refractivity contribution in [3.63, 3.8) is 0 Å². The standard InChI is InChI=1S/C9H7NO2S/c1-6-2-9(13-5-6)8-3-7(4-11)10-12-8/h2-5H,1H3. The Hall–Kier alpha value is -1.42. The van der Waals surface area contributed by atoms with Gasteiger partial charge >= 0.3 is 0 Å². The molecule has 0 aromatic carbocycles. The van der Waals surface area contributed by atoms with Gasteiger partial charge in [-0.15, -0.1) is 11.3 Å². The zero-order chi connectivity index (χ0) is 9.26. The monoisotopic (exact) mass is 193 g/mol. The first-order valence-corrected chi connectivity index (χ1v) is 4.65. The van der Waals surface area contributed by atoms with Gasteiger partial charge in [0, 0.05) is 6.07 Å². The molecule has 0 unspecified atom stereocenters. The van der Waals surface area contributed by atoms with Crippen LogP contribution in [0.3, 0.4) is 0 Å².